The number of fused-ring (bicyclic) bond motifs is 4. The van der Waals surface area contributed by atoms with Crippen molar-refractivity contribution in [1.29, 1.82) is 0 Å². The Morgan fingerprint density at radius 2 is 1.61 bits per heavy atom. The summed E-state index contributed by atoms with van der Waals surface area (Å²) in [5, 5.41) is 24.2. The number of Topliss-reactive ketones (excluding diaryl/α,β-unsaturated/α-hetero) is 1. The molecule has 1 heterocycles. The Morgan fingerprint density at radius 3 is 2.36 bits per heavy atom. The van der Waals surface area contributed by atoms with Gasteiger partial charge in [-0.2, -0.15) is 4.58 Å². The first kappa shape index (κ1) is 22.5. The van der Waals surface area contributed by atoms with Crippen molar-refractivity contribution in [3.63, 3.8) is 0 Å². The third-order valence-corrected chi connectivity index (χ3v) is 7.34. The zero-order chi connectivity index (χ0) is 24.8. The molecule has 4 aromatic rings. The van der Waals surface area contributed by atoms with Crippen molar-refractivity contribution < 1.29 is 19.6 Å². The number of benzene rings is 4. The zero-order valence-corrected chi connectivity index (χ0v) is 20.1. The Balaban J connectivity index is 1.40. The highest BCUT2D eigenvalue weighted by Gasteiger charge is 2.47. The van der Waals surface area contributed by atoms with Gasteiger partial charge in [-0.1, -0.05) is 36.4 Å². The molecule has 1 atom stereocenters. The summed E-state index contributed by atoms with van der Waals surface area (Å²) < 4.78 is 2.17. The summed E-state index contributed by atoms with van der Waals surface area (Å²) in [5.74, 6) is -0.120. The Kier molecular flexibility index (Phi) is 5.55. The highest BCUT2D eigenvalue weighted by Crippen LogP contribution is 2.45. The number of para-hydroxylation sites is 1. The number of carbonyl (C=O) groups excluding carboxylic acids is 1. The van der Waals surface area contributed by atoms with Gasteiger partial charge in [-0.25, -0.2) is 0 Å². The molecule has 0 saturated heterocycles. The molecule has 1 unspecified atom stereocenters. The molecule has 6 heteroatoms. The van der Waals surface area contributed by atoms with E-state index in [0.29, 0.717) is 13.1 Å². The third kappa shape index (κ3) is 3.41. The van der Waals surface area contributed by atoms with Gasteiger partial charge in [0.25, 0.3) is 0 Å². The molecule has 6 nitrogen and oxygen atoms in total. The van der Waals surface area contributed by atoms with Gasteiger partial charge in [0.2, 0.25) is 11.4 Å². The minimum atomic E-state index is -0.267. The van der Waals surface area contributed by atoms with Crippen LogP contribution in [0.1, 0.15) is 27.4 Å². The molecule has 180 valence electrons. The van der Waals surface area contributed by atoms with Crippen molar-refractivity contribution in [2.75, 3.05) is 43.6 Å². The van der Waals surface area contributed by atoms with Crippen LogP contribution in [0.3, 0.4) is 0 Å². The van der Waals surface area contributed by atoms with Crippen LogP contribution in [0.4, 0.5) is 22.7 Å². The van der Waals surface area contributed by atoms with E-state index in [1.165, 1.54) is 0 Å². The molecule has 0 aromatic heterocycles. The summed E-state index contributed by atoms with van der Waals surface area (Å²) in [6.45, 7) is 0.988. The van der Waals surface area contributed by atoms with E-state index >= 15 is 0 Å². The molecule has 1 aliphatic carbocycles. The second-order valence-corrected chi connectivity index (χ2v) is 9.30. The fraction of sp³-hybridized carbons (Fsp3) is 0.200. The van der Waals surface area contributed by atoms with Crippen LogP contribution < -0.4 is 10.2 Å². The average Bonchev–Trinajstić information content (AvgIpc) is 3.21. The Labute approximate surface area is 209 Å². The summed E-state index contributed by atoms with van der Waals surface area (Å²) >= 11 is 0. The number of nitrogens with one attached hydrogen (secondary N) is 1. The smallest absolute Gasteiger partial charge is 0.209 e. The van der Waals surface area contributed by atoms with Crippen LogP contribution in [0.5, 0.6) is 0 Å². The van der Waals surface area contributed by atoms with E-state index in [-0.39, 0.29) is 24.9 Å². The third-order valence-electron chi connectivity index (χ3n) is 7.34. The Hall–Kier alpha value is -4.00. The van der Waals surface area contributed by atoms with Gasteiger partial charge in [0.15, 0.2) is 5.78 Å². The topological polar surface area (TPSA) is 75.8 Å². The summed E-state index contributed by atoms with van der Waals surface area (Å²) in [6, 6.07) is 26.3. The predicted molar refractivity (Wildman–Crippen MR) is 144 cm³/mol. The van der Waals surface area contributed by atoms with Crippen molar-refractivity contribution in [2.24, 2.45) is 0 Å². The first-order valence-corrected chi connectivity index (χ1v) is 12.3. The molecular formula is C30H28N3O3+. The molecule has 0 fully saturated rings. The second-order valence-electron chi connectivity index (χ2n) is 9.30. The SMILES string of the molecule is C[N+]1=C2c3ccc(Nc4ccc(N(CCO)CCO)cc4)c4cccc(c34)C(=O)C2c2ccccc21. The molecule has 2 aliphatic rings. The fourth-order valence-electron chi connectivity index (χ4n) is 5.72. The van der Waals surface area contributed by atoms with Crippen molar-refractivity contribution >= 4 is 45.0 Å². The van der Waals surface area contributed by atoms with Gasteiger partial charge >= 0.3 is 0 Å². The number of rotatable bonds is 7. The normalized spacial score (nSPS) is 15.8. The van der Waals surface area contributed by atoms with E-state index in [2.05, 4.69) is 40.2 Å². The van der Waals surface area contributed by atoms with Crippen LogP contribution >= 0.6 is 0 Å². The second kappa shape index (κ2) is 8.90. The van der Waals surface area contributed by atoms with Gasteiger partial charge in [0, 0.05) is 58.1 Å². The standard InChI is InChI=1S/C30H27N3O3/c1-32-26-8-3-2-5-22(26)28-29(32)23-13-14-25(21-6-4-7-24(27(21)23)30(28)36)31-19-9-11-20(12-10-19)33(15-17-34)16-18-35/h2-14,28,34-35H,15-18H2,1H3/p+1. The first-order chi connectivity index (χ1) is 17.6. The lowest BCUT2D eigenvalue weighted by atomic mass is 9.77. The van der Waals surface area contributed by atoms with E-state index < -0.39 is 0 Å². The maximum Gasteiger partial charge on any atom is 0.209 e. The summed E-state index contributed by atoms with van der Waals surface area (Å²) in [4.78, 5) is 15.7. The number of anilines is 3. The van der Waals surface area contributed by atoms with E-state index in [1.807, 2.05) is 60.5 Å². The van der Waals surface area contributed by atoms with Crippen LogP contribution in [0.15, 0.2) is 78.9 Å². The fourth-order valence-corrected chi connectivity index (χ4v) is 5.72. The first-order valence-electron chi connectivity index (χ1n) is 12.3. The lowest BCUT2D eigenvalue weighted by molar-refractivity contribution is -0.401. The average molecular weight is 479 g/mol. The molecule has 36 heavy (non-hydrogen) atoms. The maximum atomic E-state index is 13.8. The van der Waals surface area contributed by atoms with Gasteiger partial charge in [-0.05, 0) is 36.4 Å². The van der Waals surface area contributed by atoms with Crippen LogP contribution in [0, 0.1) is 0 Å². The molecule has 0 bridgehead atoms. The summed E-state index contributed by atoms with van der Waals surface area (Å²) in [7, 11) is 2.05. The molecule has 6 rings (SSSR count). The van der Waals surface area contributed by atoms with E-state index in [4.69, 9.17) is 0 Å². The van der Waals surface area contributed by atoms with Crippen molar-refractivity contribution in [2.45, 2.75) is 5.92 Å². The van der Waals surface area contributed by atoms with Crippen LogP contribution in [0.2, 0.25) is 0 Å². The quantitative estimate of drug-likeness (QED) is 0.343. The minimum Gasteiger partial charge on any atom is -0.395 e. The number of carbonyl (C=O) groups is 1. The number of nitrogens with zero attached hydrogens (tertiary/aromatic N) is 2. The highest BCUT2D eigenvalue weighted by molar-refractivity contribution is 6.34. The summed E-state index contributed by atoms with van der Waals surface area (Å²) in [5.41, 5.74) is 7.89. The molecular weight excluding hydrogens is 450 g/mol. The molecule has 0 amide bonds. The number of aliphatic hydroxyl groups excluding tert-OH is 2. The monoisotopic (exact) mass is 478 g/mol. The molecule has 3 N–H and O–H groups in total. The van der Waals surface area contributed by atoms with Crippen LogP contribution in [0.25, 0.3) is 10.8 Å². The maximum absolute atomic E-state index is 13.8. The van der Waals surface area contributed by atoms with E-state index in [0.717, 1.165) is 55.9 Å². The predicted octanol–water partition coefficient (Wildman–Crippen LogP) is 4.43. The van der Waals surface area contributed by atoms with Gasteiger partial charge in [0.05, 0.1) is 18.8 Å². The molecule has 0 saturated carbocycles. The number of ketones is 1. The number of hydrogen-bond acceptors (Lipinski definition) is 5. The number of aliphatic hydroxyl groups is 2. The van der Waals surface area contributed by atoms with Gasteiger partial charge < -0.3 is 20.4 Å². The molecule has 0 spiro atoms. The zero-order valence-electron chi connectivity index (χ0n) is 20.1. The lowest BCUT2D eigenvalue weighted by Gasteiger charge is -2.23. The van der Waals surface area contributed by atoms with Crippen molar-refractivity contribution in [3.05, 3.63) is 95.6 Å². The van der Waals surface area contributed by atoms with Gasteiger partial charge in [-0.15, -0.1) is 0 Å². The van der Waals surface area contributed by atoms with Gasteiger partial charge in [0.1, 0.15) is 13.0 Å². The molecule has 1 aliphatic heterocycles. The van der Waals surface area contributed by atoms with E-state index in [1.54, 1.807) is 0 Å². The minimum absolute atomic E-state index is 0.0273. The Bertz CT molecular complexity index is 1520. The summed E-state index contributed by atoms with van der Waals surface area (Å²) in [6.07, 6.45) is 0. The molecule has 0 radical (unpaired) electrons. The van der Waals surface area contributed by atoms with Crippen LogP contribution in [-0.4, -0.2) is 59.6 Å². The Morgan fingerprint density at radius 1 is 0.861 bits per heavy atom. The van der Waals surface area contributed by atoms with Crippen molar-refractivity contribution in [3.8, 4) is 0 Å². The van der Waals surface area contributed by atoms with Crippen molar-refractivity contribution in [1.82, 2.24) is 0 Å². The number of hydrogen-bond donors (Lipinski definition) is 3. The lowest BCUT2D eigenvalue weighted by Crippen LogP contribution is -2.29. The van der Waals surface area contributed by atoms with E-state index in [9.17, 15) is 15.0 Å². The van der Waals surface area contributed by atoms with Crippen LogP contribution in [-0.2, 0) is 0 Å². The largest absolute Gasteiger partial charge is 0.395 e. The highest BCUT2D eigenvalue weighted by atomic mass is 16.3. The van der Waals surface area contributed by atoms with Gasteiger partial charge in [-0.3, -0.25) is 4.79 Å². The molecule has 4 aromatic carbocycles.